The summed E-state index contributed by atoms with van der Waals surface area (Å²) in [5.41, 5.74) is 0.133. The molecule has 0 aliphatic carbocycles. The molecule has 0 heterocycles. The normalized spacial score (nSPS) is 11.4. The molecule has 0 saturated heterocycles. The Hall–Kier alpha value is -1.31. The maximum absolute atomic E-state index is 12.5. The minimum atomic E-state index is -0.0699. The summed E-state index contributed by atoms with van der Waals surface area (Å²) in [5, 5.41) is 0. The number of unbranched alkanes of at least 4 members (excludes halogenated alkanes) is 3. The van der Waals surface area contributed by atoms with Crippen molar-refractivity contribution in [2.45, 2.75) is 85.0 Å². The fraction of sp³-hybridized carbons (Fsp3) is 0.667. The smallest absolute Gasteiger partial charge is 0.311 e. The maximum Gasteiger partial charge on any atom is 0.311 e. The monoisotopic (exact) mass is 318 g/mol. The molecule has 2 heteroatoms. The molecule has 0 bridgehead atoms. The van der Waals surface area contributed by atoms with Crippen molar-refractivity contribution >= 4 is 5.97 Å². The largest absolute Gasteiger partial charge is 0.427 e. The van der Waals surface area contributed by atoms with Crippen LogP contribution in [0.2, 0.25) is 0 Å². The van der Waals surface area contributed by atoms with Crippen LogP contribution in [0.25, 0.3) is 0 Å². The molecule has 0 atom stereocenters. The average Bonchev–Trinajstić information content (AvgIpc) is 2.57. The van der Waals surface area contributed by atoms with Crippen LogP contribution in [0.3, 0.4) is 0 Å². The van der Waals surface area contributed by atoms with Crippen molar-refractivity contribution in [2.75, 3.05) is 0 Å². The first-order valence-electron chi connectivity index (χ1n) is 9.41. The summed E-state index contributed by atoms with van der Waals surface area (Å²) in [5.74, 6) is 0.590. The topological polar surface area (TPSA) is 26.3 Å². The van der Waals surface area contributed by atoms with E-state index in [0.717, 1.165) is 19.3 Å². The van der Waals surface area contributed by atoms with Crippen molar-refractivity contribution in [1.82, 2.24) is 0 Å². The average molecular weight is 319 g/mol. The highest BCUT2D eigenvalue weighted by Gasteiger charge is 2.32. The molecule has 0 N–H and O–H groups in total. The van der Waals surface area contributed by atoms with Crippen molar-refractivity contribution in [2.24, 2.45) is 5.41 Å². The molecule has 2 nitrogen and oxygen atoms in total. The summed E-state index contributed by atoms with van der Waals surface area (Å²) in [6.45, 7) is 6.69. The molecule has 0 fully saturated rings. The van der Waals surface area contributed by atoms with Gasteiger partial charge in [-0.2, -0.15) is 0 Å². The number of carbonyl (C=O) groups is 1. The molecule has 0 aliphatic rings. The molecule has 1 rings (SSSR count). The van der Waals surface area contributed by atoms with Gasteiger partial charge in [0.1, 0.15) is 5.75 Å². The number of carbonyl (C=O) groups excluding carboxylic acids is 1. The Labute approximate surface area is 142 Å². The number of rotatable bonds is 12. The van der Waals surface area contributed by atoms with Gasteiger partial charge < -0.3 is 4.74 Å². The number of esters is 1. The summed E-state index contributed by atoms with van der Waals surface area (Å²) in [6, 6.07) is 9.45. The molecule has 0 radical (unpaired) electrons. The van der Waals surface area contributed by atoms with Crippen LogP contribution in [-0.4, -0.2) is 5.97 Å². The van der Waals surface area contributed by atoms with Gasteiger partial charge >= 0.3 is 5.97 Å². The van der Waals surface area contributed by atoms with E-state index in [1.165, 1.54) is 38.5 Å². The van der Waals surface area contributed by atoms with Gasteiger partial charge in [-0.3, -0.25) is 4.79 Å². The van der Waals surface area contributed by atoms with Crippen LogP contribution < -0.4 is 4.74 Å². The van der Waals surface area contributed by atoms with Gasteiger partial charge in [-0.1, -0.05) is 77.5 Å². The Kier molecular flexibility index (Phi) is 9.66. The lowest BCUT2D eigenvalue weighted by molar-refractivity contribution is -0.137. The quantitative estimate of drug-likeness (QED) is 0.323. The van der Waals surface area contributed by atoms with Crippen LogP contribution in [0, 0.1) is 5.41 Å². The van der Waals surface area contributed by atoms with Gasteiger partial charge in [-0.25, -0.2) is 0 Å². The summed E-state index contributed by atoms with van der Waals surface area (Å²) < 4.78 is 5.57. The van der Waals surface area contributed by atoms with E-state index in [1.807, 2.05) is 30.3 Å². The highest BCUT2D eigenvalue weighted by molar-refractivity contribution is 5.73. The predicted octanol–water partition coefficient (Wildman–Crippen LogP) is 6.54. The fourth-order valence-corrected chi connectivity index (χ4v) is 3.26. The van der Waals surface area contributed by atoms with Gasteiger partial charge in [0.2, 0.25) is 0 Å². The Bertz CT molecular complexity index is 403. The molecule has 130 valence electrons. The Morgan fingerprint density at radius 1 is 0.870 bits per heavy atom. The minimum absolute atomic E-state index is 0.0699. The number of benzene rings is 1. The molecule has 1 aromatic rings. The molecule has 0 amide bonds. The van der Waals surface area contributed by atoms with E-state index in [0.29, 0.717) is 12.2 Å². The fourth-order valence-electron chi connectivity index (χ4n) is 3.26. The van der Waals surface area contributed by atoms with Crippen LogP contribution in [0.1, 0.15) is 85.0 Å². The lowest BCUT2D eigenvalue weighted by atomic mass is 9.72. The maximum atomic E-state index is 12.5. The van der Waals surface area contributed by atoms with Gasteiger partial charge in [0.25, 0.3) is 0 Å². The van der Waals surface area contributed by atoms with E-state index < -0.39 is 0 Å². The first-order valence-corrected chi connectivity index (χ1v) is 9.41. The molecular weight excluding hydrogens is 284 g/mol. The minimum Gasteiger partial charge on any atom is -0.427 e. The lowest BCUT2D eigenvalue weighted by Gasteiger charge is -2.33. The second-order valence-electron chi connectivity index (χ2n) is 6.77. The predicted molar refractivity (Wildman–Crippen MR) is 97.7 cm³/mol. The third-order valence-corrected chi connectivity index (χ3v) is 4.68. The molecule has 23 heavy (non-hydrogen) atoms. The van der Waals surface area contributed by atoms with Gasteiger partial charge in [0, 0.05) is 0 Å². The van der Waals surface area contributed by atoms with Crippen molar-refractivity contribution in [3.05, 3.63) is 30.3 Å². The molecule has 1 aromatic carbocycles. The van der Waals surface area contributed by atoms with E-state index in [4.69, 9.17) is 4.74 Å². The summed E-state index contributed by atoms with van der Waals surface area (Å²) in [4.78, 5) is 12.5. The highest BCUT2D eigenvalue weighted by Crippen LogP contribution is 2.40. The molecule has 0 unspecified atom stereocenters. The van der Waals surface area contributed by atoms with Gasteiger partial charge in [0.15, 0.2) is 0 Å². The Morgan fingerprint density at radius 3 is 1.78 bits per heavy atom. The van der Waals surface area contributed by atoms with E-state index in [1.54, 1.807) is 0 Å². The third-order valence-electron chi connectivity index (χ3n) is 4.68. The van der Waals surface area contributed by atoms with E-state index >= 15 is 0 Å². The van der Waals surface area contributed by atoms with Crippen molar-refractivity contribution in [3.8, 4) is 5.75 Å². The Morgan fingerprint density at radius 2 is 1.35 bits per heavy atom. The molecule has 0 saturated carbocycles. The highest BCUT2D eigenvalue weighted by atomic mass is 16.5. The summed E-state index contributed by atoms with van der Waals surface area (Å²) >= 11 is 0. The van der Waals surface area contributed by atoms with Crippen molar-refractivity contribution < 1.29 is 9.53 Å². The van der Waals surface area contributed by atoms with Crippen LogP contribution in [0.15, 0.2) is 30.3 Å². The van der Waals surface area contributed by atoms with Gasteiger partial charge in [-0.15, -0.1) is 0 Å². The van der Waals surface area contributed by atoms with E-state index in [9.17, 15) is 4.79 Å². The van der Waals surface area contributed by atoms with Gasteiger partial charge in [0.05, 0.1) is 6.42 Å². The summed E-state index contributed by atoms with van der Waals surface area (Å²) in [7, 11) is 0. The van der Waals surface area contributed by atoms with E-state index in [2.05, 4.69) is 20.8 Å². The lowest BCUT2D eigenvalue weighted by Crippen LogP contribution is -2.27. The second kappa shape index (κ2) is 11.3. The molecule has 0 spiro atoms. The van der Waals surface area contributed by atoms with Crippen LogP contribution in [-0.2, 0) is 4.79 Å². The standard InChI is InChI=1S/C21H34O2/c1-4-7-15-21(16-8-5-2,17-9-6-3)18-20(22)23-19-13-11-10-12-14-19/h10-14H,4-9,15-18H2,1-3H3. The van der Waals surface area contributed by atoms with Crippen LogP contribution in [0.5, 0.6) is 5.75 Å². The Balaban J connectivity index is 2.76. The number of hydrogen-bond donors (Lipinski definition) is 0. The SMILES string of the molecule is CCCCC(CCCC)(CCCC)CC(=O)Oc1ccccc1. The number of hydrogen-bond acceptors (Lipinski definition) is 2. The first kappa shape index (κ1) is 19.7. The van der Waals surface area contributed by atoms with Crippen LogP contribution in [0.4, 0.5) is 0 Å². The molecule has 0 aliphatic heterocycles. The van der Waals surface area contributed by atoms with Gasteiger partial charge in [-0.05, 0) is 36.8 Å². The van der Waals surface area contributed by atoms with Crippen molar-refractivity contribution in [1.29, 1.82) is 0 Å². The molecule has 0 aromatic heterocycles. The van der Waals surface area contributed by atoms with Crippen LogP contribution >= 0.6 is 0 Å². The first-order chi connectivity index (χ1) is 11.2. The zero-order chi connectivity index (χ0) is 17.0. The third kappa shape index (κ3) is 7.67. The second-order valence-corrected chi connectivity index (χ2v) is 6.77. The zero-order valence-corrected chi connectivity index (χ0v) is 15.3. The van der Waals surface area contributed by atoms with Crippen molar-refractivity contribution in [3.63, 3.8) is 0 Å². The molecular formula is C21H34O2. The van der Waals surface area contributed by atoms with E-state index in [-0.39, 0.29) is 11.4 Å². The zero-order valence-electron chi connectivity index (χ0n) is 15.3. The number of ether oxygens (including phenoxy) is 1. The summed E-state index contributed by atoms with van der Waals surface area (Å²) in [6.07, 6.45) is 11.2. The number of para-hydroxylation sites is 1.